The third-order valence-corrected chi connectivity index (χ3v) is 1.93. The standard InChI is InChI=1S/C12H12F2O/c1-3-5-6-15-9-7-11(13)10(4-2)12(14)8-9/h2,7-8H,3,5-6H2,1H3. The Balaban J connectivity index is 2.81. The first-order valence-electron chi connectivity index (χ1n) is 4.77. The van der Waals surface area contributed by atoms with Crippen LogP contribution >= 0.6 is 0 Å². The predicted molar refractivity (Wildman–Crippen MR) is 54.7 cm³/mol. The number of terminal acetylenes is 1. The van der Waals surface area contributed by atoms with Crippen LogP contribution in [0, 0.1) is 24.0 Å². The van der Waals surface area contributed by atoms with Crippen molar-refractivity contribution in [1.82, 2.24) is 0 Å². The van der Waals surface area contributed by atoms with Gasteiger partial charge in [-0.1, -0.05) is 19.3 Å². The lowest BCUT2D eigenvalue weighted by Gasteiger charge is -2.06. The quantitative estimate of drug-likeness (QED) is 0.548. The number of ether oxygens (including phenoxy) is 1. The number of benzene rings is 1. The van der Waals surface area contributed by atoms with E-state index in [-0.39, 0.29) is 11.3 Å². The maximum atomic E-state index is 13.2. The molecule has 15 heavy (non-hydrogen) atoms. The van der Waals surface area contributed by atoms with Crippen LogP contribution in [-0.2, 0) is 0 Å². The Bertz CT molecular complexity index is 357. The molecule has 0 radical (unpaired) electrons. The predicted octanol–water partition coefficient (Wildman–Crippen LogP) is 3.13. The lowest BCUT2D eigenvalue weighted by molar-refractivity contribution is 0.306. The topological polar surface area (TPSA) is 9.23 Å². The van der Waals surface area contributed by atoms with Gasteiger partial charge in [0.25, 0.3) is 0 Å². The van der Waals surface area contributed by atoms with Crippen molar-refractivity contribution < 1.29 is 13.5 Å². The first-order valence-corrected chi connectivity index (χ1v) is 4.77. The van der Waals surface area contributed by atoms with Crippen molar-refractivity contribution in [2.24, 2.45) is 0 Å². The molecule has 0 saturated carbocycles. The van der Waals surface area contributed by atoms with Gasteiger partial charge in [-0.2, -0.15) is 0 Å². The molecule has 0 amide bonds. The van der Waals surface area contributed by atoms with E-state index in [1.807, 2.05) is 12.8 Å². The molecule has 0 aromatic heterocycles. The molecule has 0 heterocycles. The van der Waals surface area contributed by atoms with Gasteiger partial charge in [0.05, 0.1) is 12.2 Å². The Morgan fingerprint density at radius 2 is 1.93 bits per heavy atom. The second kappa shape index (κ2) is 5.35. The van der Waals surface area contributed by atoms with E-state index in [0.717, 1.165) is 25.0 Å². The molecule has 0 aliphatic carbocycles. The maximum Gasteiger partial charge on any atom is 0.145 e. The highest BCUT2D eigenvalue weighted by Crippen LogP contribution is 2.20. The minimum absolute atomic E-state index is 0.178. The molecule has 0 aliphatic heterocycles. The second-order valence-electron chi connectivity index (χ2n) is 3.11. The van der Waals surface area contributed by atoms with Crippen molar-refractivity contribution in [1.29, 1.82) is 0 Å². The summed E-state index contributed by atoms with van der Waals surface area (Å²) in [6.07, 6.45) is 6.77. The fraction of sp³-hybridized carbons (Fsp3) is 0.333. The van der Waals surface area contributed by atoms with Crippen LogP contribution in [0.4, 0.5) is 8.78 Å². The summed E-state index contributed by atoms with van der Waals surface area (Å²) < 4.78 is 31.5. The van der Waals surface area contributed by atoms with Crippen molar-refractivity contribution in [3.8, 4) is 18.1 Å². The third kappa shape index (κ3) is 2.95. The largest absolute Gasteiger partial charge is 0.493 e. The van der Waals surface area contributed by atoms with Gasteiger partial charge >= 0.3 is 0 Å². The Hall–Kier alpha value is -1.56. The maximum absolute atomic E-state index is 13.2. The molecule has 0 spiro atoms. The molecule has 1 rings (SSSR count). The van der Waals surface area contributed by atoms with Gasteiger partial charge in [0.1, 0.15) is 17.4 Å². The van der Waals surface area contributed by atoms with E-state index in [9.17, 15) is 8.78 Å². The van der Waals surface area contributed by atoms with Crippen LogP contribution in [0.5, 0.6) is 5.75 Å². The highest BCUT2D eigenvalue weighted by Gasteiger charge is 2.09. The molecule has 0 unspecified atom stereocenters. The van der Waals surface area contributed by atoms with Crippen LogP contribution in [0.3, 0.4) is 0 Å². The first kappa shape index (κ1) is 11.5. The van der Waals surface area contributed by atoms with Crippen molar-refractivity contribution in [3.63, 3.8) is 0 Å². The zero-order valence-corrected chi connectivity index (χ0v) is 8.52. The van der Waals surface area contributed by atoms with Crippen molar-refractivity contribution >= 4 is 0 Å². The summed E-state index contributed by atoms with van der Waals surface area (Å²) in [5.41, 5.74) is -0.349. The van der Waals surface area contributed by atoms with Crippen LogP contribution in [0.2, 0.25) is 0 Å². The molecule has 1 aromatic carbocycles. The number of halogens is 2. The van der Waals surface area contributed by atoms with E-state index in [2.05, 4.69) is 0 Å². The zero-order valence-electron chi connectivity index (χ0n) is 8.52. The van der Waals surface area contributed by atoms with Crippen molar-refractivity contribution in [2.45, 2.75) is 19.8 Å². The summed E-state index contributed by atoms with van der Waals surface area (Å²) in [5.74, 6) is 0.610. The summed E-state index contributed by atoms with van der Waals surface area (Å²) in [7, 11) is 0. The third-order valence-electron chi connectivity index (χ3n) is 1.93. The molecule has 1 nitrogen and oxygen atoms in total. The van der Waals surface area contributed by atoms with E-state index < -0.39 is 11.6 Å². The molecule has 0 saturated heterocycles. The molecule has 3 heteroatoms. The summed E-state index contributed by atoms with van der Waals surface area (Å²) in [4.78, 5) is 0. The lowest BCUT2D eigenvalue weighted by atomic mass is 10.2. The average molecular weight is 210 g/mol. The summed E-state index contributed by atoms with van der Waals surface area (Å²) in [6, 6.07) is 2.21. The monoisotopic (exact) mass is 210 g/mol. The molecule has 0 atom stereocenters. The average Bonchev–Trinajstić information content (AvgIpc) is 2.18. The van der Waals surface area contributed by atoms with E-state index in [0.29, 0.717) is 6.61 Å². The molecule has 1 aromatic rings. The number of hydrogen-bond acceptors (Lipinski definition) is 1. The van der Waals surface area contributed by atoms with Crippen molar-refractivity contribution in [3.05, 3.63) is 29.3 Å². The fourth-order valence-electron chi connectivity index (χ4n) is 1.11. The molecule has 0 aliphatic rings. The molecular formula is C12H12F2O. The Morgan fingerprint density at radius 3 is 2.40 bits per heavy atom. The normalized spacial score (nSPS) is 9.73. The summed E-state index contributed by atoms with van der Waals surface area (Å²) in [6.45, 7) is 2.46. The van der Waals surface area contributed by atoms with E-state index >= 15 is 0 Å². The van der Waals surface area contributed by atoms with Crippen molar-refractivity contribution in [2.75, 3.05) is 6.61 Å². The lowest BCUT2D eigenvalue weighted by Crippen LogP contribution is -1.99. The Labute approximate surface area is 88.1 Å². The highest BCUT2D eigenvalue weighted by molar-refractivity contribution is 5.39. The highest BCUT2D eigenvalue weighted by atomic mass is 19.1. The summed E-state index contributed by atoms with van der Waals surface area (Å²) in [5, 5.41) is 0. The van der Waals surface area contributed by atoms with Crippen LogP contribution in [0.25, 0.3) is 0 Å². The first-order chi connectivity index (χ1) is 7.19. The number of rotatable bonds is 4. The molecule has 0 N–H and O–H groups in total. The minimum Gasteiger partial charge on any atom is -0.493 e. The van der Waals surface area contributed by atoms with E-state index in [1.54, 1.807) is 0 Å². The molecule has 0 fully saturated rings. The van der Waals surface area contributed by atoms with Gasteiger partial charge in [0.2, 0.25) is 0 Å². The fourth-order valence-corrected chi connectivity index (χ4v) is 1.11. The van der Waals surface area contributed by atoms with Gasteiger partial charge in [-0.3, -0.25) is 0 Å². The number of hydrogen-bond donors (Lipinski definition) is 0. The SMILES string of the molecule is C#Cc1c(F)cc(OCCCC)cc1F. The van der Waals surface area contributed by atoms with E-state index in [4.69, 9.17) is 11.2 Å². The Morgan fingerprint density at radius 1 is 1.33 bits per heavy atom. The zero-order chi connectivity index (χ0) is 11.3. The summed E-state index contributed by atoms with van der Waals surface area (Å²) >= 11 is 0. The van der Waals surface area contributed by atoms with E-state index in [1.165, 1.54) is 0 Å². The number of unbranched alkanes of at least 4 members (excludes halogenated alkanes) is 1. The second-order valence-corrected chi connectivity index (χ2v) is 3.11. The molecule has 0 bridgehead atoms. The van der Waals surface area contributed by atoms with Gasteiger partial charge < -0.3 is 4.74 Å². The van der Waals surface area contributed by atoms with Gasteiger partial charge in [-0.25, -0.2) is 8.78 Å². The smallest absolute Gasteiger partial charge is 0.145 e. The van der Waals surface area contributed by atoms with Gasteiger partial charge in [-0.05, 0) is 6.42 Å². The van der Waals surface area contributed by atoms with Gasteiger partial charge in [0.15, 0.2) is 0 Å². The van der Waals surface area contributed by atoms with Gasteiger partial charge in [-0.15, -0.1) is 6.42 Å². The van der Waals surface area contributed by atoms with Crippen LogP contribution < -0.4 is 4.74 Å². The minimum atomic E-state index is -0.760. The molecule has 80 valence electrons. The van der Waals surface area contributed by atoms with Crippen LogP contribution in [-0.4, -0.2) is 6.61 Å². The van der Waals surface area contributed by atoms with Gasteiger partial charge in [0, 0.05) is 12.1 Å². The van der Waals surface area contributed by atoms with Crippen LogP contribution in [0.15, 0.2) is 12.1 Å². The Kier molecular flexibility index (Phi) is 4.11. The molecular weight excluding hydrogens is 198 g/mol. The van der Waals surface area contributed by atoms with Crippen LogP contribution in [0.1, 0.15) is 25.3 Å².